The second-order valence-corrected chi connectivity index (χ2v) is 6.47. The van der Waals surface area contributed by atoms with Crippen LogP contribution < -0.4 is 5.73 Å². The Morgan fingerprint density at radius 1 is 1.29 bits per heavy atom. The van der Waals surface area contributed by atoms with Crippen molar-refractivity contribution in [3.63, 3.8) is 0 Å². The standard InChI is InChI=1S/C11H6N4S2.C5H11NO/c12-4-6-9(8-2-1-3-17-8)7(5-13)11(16)15-10(6)14;1-6-2-4-7-5-3-6/h1-3H,(H3,14,15,16);2-5H2,1H3. The van der Waals surface area contributed by atoms with Crippen molar-refractivity contribution in [3.05, 3.63) is 33.3 Å². The van der Waals surface area contributed by atoms with Crippen molar-refractivity contribution >= 4 is 29.4 Å². The largest absolute Gasteiger partial charge is 0.384 e. The molecule has 1 aliphatic rings. The number of hydrogen-bond donors (Lipinski definition) is 2. The molecule has 0 saturated carbocycles. The molecule has 6 nitrogen and oxygen atoms in total. The van der Waals surface area contributed by atoms with Crippen LogP contribution in [0.4, 0.5) is 5.82 Å². The highest BCUT2D eigenvalue weighted by atomic mass is 32.1. The fourth-order valence-corrected chi connectivity index (χ4v) is 3.21. The minimum Gasteiger partial charge on any atom is -0.384 e. The molecule has 24 heavy (non-hydrogen) atoms. The Morgan fingerprint density at radius 2 is 1.96 bits per heavy atom. The number of nitrogen functional groups attached to an aromatic ring is 1. The Labute approximate surface area is 149 Å². The van der Waals surface area contributed by atoms with Gasteiger partial charge in [-0.25, -0.2) is 0 Å². The van der Waals surface area contributed by atoms with Crippen molar-refractivity contribution in [1.29, 1.82) is 10.5 Å². The van der Waals surface area contributed by atoms with Gasteiger partial charge in [-0.15, -0.1) is 11.3 Å². The zero-order valence-corrected chi connectivity index (χ0v) is 14.8. The molecule has 0 aromatic carbocycles. The van der Waals surface area contributed by atoms with Crippen LogP contribution in [-0.2, 0) is 4.74 Å². The molecule has 124 valence electrons. The predicted octanol–water partition coefficient (Wildman–Crippen LogP) is 2.75. The number of likely N-dealkylation sites (N-methyl/N-ethyl adjacent to an activating group) is 1. The Bertz CT molecular complexity index is 824. The number of anilines is 1. The highest BCUT2D eigenvalue weighted by Crippen LogP contribution is 2.33. The van der Waals surface area contributed by atoms with E-state index in [0.29, 0.717) is 5.56 Å². The summed E-state index contributed by atoms with van der Waals surface area (Å²) in [6, 6.07) is 7.70. The van der Waals surface area contributed by atoms with Gasteiger partial charge in [0.25, 0.3) is 0 Å². The zero-order valence-electron chi connectivity index (χ0n) is 13.2. The summed E-state index contributed by atoms with van der Waals surface area (Å²) in [5, 5.41) is 20.1. The molecule has 1 fully saturated rings. The zero-order chi connectivity index (χ0) is 17.5. The number of rotatable bonds is 1. The van der Waals surface area contributed by atoms with Crippen molar-refractivity contribution in [2.24, 2.45) is 0 Å². The summed E-state index contributed by atoms with van der Waals surface area (Å²) in [7, 11) is 2.11. The topological polar surface area (TPSA) is 102 Å². The van der Waals surface area contributed by atoms with Crippen molar-refractivity contribution in [3.8, 4) is 22.6 Å². The minimum absolute atomic E-state index is 0.194. The van der Waals surface area contributed by atoms with Gasteiger partial charge in [0.15, 0.2) is 0 Å². The number of thiophene rings is 1. The van der Waals surface area contributed by atoms with Crippen LogP contribution in [0.5, 0.6) is 0 Å². The fraction of sp³-hybridized carbons (Fsp3) is 0.312. The summed E-state index contributed by atoms with van der Waals surface area (Å²) in [4.78, 5) is 5.74. The first-order valence-corrected chi connectivity index (χ1v) is 8.53. The van der Waals surface area contributed by atoms with E-state index < -0.39 is 0 Å². The number of H-pyrrole nitrogens is 1. The molecule has 2 aromatic heterocycles. The van der Waals surface area contributed by atoms with Crippen LogP contribution in [0.1, 0.15) is 11.1 Å². The van der Waals surface area contributed by atoms with E-state index in [2.05, 4.69) is 16.9 Å². The van der Waals surface area contributed by atoms with Gasteiger partial charge in [0.05, 0.1) is 18.8 Å². The third-order valence-corrected chi connectivity index (χ3v) is 4.66. The maximum absolute atomic E-state index is 9.13. The molecule has 0 atom stereocenters. The number of nitrogens with one attached hydrogen (secondary N) is 1. The van der Waals surface area contributed by atoms with Crippen LogP contribution in [-0.4, -0.2) is 43.2 Å². The van der Waals surface area contributed by atoms with Gasteiger partial charge in [-0.3, -0.25) is 0 Å². The van der Waals surface area contributed by atoms with Gasteiger partial charge >= 0.3 is 0 Å². The van der Waals surface area contributed by atoms with E-state index in [1.54, 1.807) is 0 Å². The number of nitrogens with two attached hydrogens (primary N) is 1. The number of nitrogens with zero attached hydrogens (tertiary/aromatic N) is 3. The Balaban J connectivity index is 0.000000249. The van der Waals surface area contributed by atoms with Crippen LogP contribution in [0.15, 0.2) is 17.5 Å². The van der Waals surface area contributed by atoms with Gasteiger partial charge in [0.1, 0.15) is 28.2 Å². The van der Waals surface area contributed by atoms with E-state index in [4.69, 9.17) is 33.2 Å². The van der Waals surface area contributed by atoms with Crippen molar-refractivity contribution in [1.82, 2.24) is 9.88 Å². The molecule has 1 aliphatic heterocycles. The van der Waals surface area contributed by atoms with Crippen LogP contribution >= 0.6 is 23.6 Å². The second-order valence-electron chi connectivity index (χ2n) is 5.11. The summed E-state index contributed by atoms with van der Waals surface area (Å²) in [5.74, 6) is 0.194. The maximum Gasteiger partial charge on any atom is 0.123 e. The summed E-state index contributed by atoms with van der Waals surface area (Å²) in [6.45, 7) is 4.02. The molecule has 0 unspecified atom stereocenters. The van der Waals surface area contributed by atoms with E-state index in [1.807, 2.05) is 29.7 Å². The molecule has 3 heterocycles. The second kappa shape index (κ2) is 8.57. The number of pyridine rings is 1. The summed E-state index contributed by atoms with van der Waals surface area (Å²) < 4.78 is 5.36. The van der Waals surface area contributed by atoms with E-state index >= 15 is 0 Å². The first kappa shape index (κ1) is 18.1. The minimum atomic E-state index is 0.194. The van der Waals surface area contributed by atoms with E-state index in [1.165, 1.54) is 11.3 Å². The number of nitriles is 2. The van der Waals surface area contributed by atoms with Gasteiger partial charge in [0.2, 0.25) is 0 Å². The highest BCUT2D eigenvalue weighted by molar-refractivity contribution is 7.71. The highest BCUT2D eigenvalue weighted by Gasteiger charge is 2.16. The number of aromatic amines is 1. The van der Waals surface area contributed by atoms with Crippen LogP contribution in [0.3, 0.4) is 0 Å². The third kappa shape index (κ3) is 4.19. The van der Waals surface area contributed by atoms with Crippen molar-refractivity contribution in [2.75, 3.05) is 39.1 Å². The van der Waals surface area contributed by atoms with E-state index in [0.717, 1.165) is 31.2 Å². The van der Waals surface area contributed by atoms with E-state index in [-0.39, 0.29) is 21.6 Å². The molecule has 8 heteroatoms. The lowest BCUT2D eigenvalue weighted by Crippen LogP contribution is -2.32. The predicted molar refractivity (Wildman–Crippen MR) is 97.1 cm³/mol. The number of morpholine rings is 1. The first-order chi connectivity index (χ1) is 11.6. The van der Waals surface area contributed by atoms with Gasteiger partial charge in [-0.1, -0.05) is 18.3 Å². The number of hydrogen-bond acceptors (Lipinski definition) is 7. The molecule has 0 aliphatic carbocycles. The van der Waals surface area contributed by atoms with Gasteiger partial charge < -0.3 is 20.4 Å². The Morgan fingerprint density at radius 3 is 2.42 bits per heavy atom. The monoisotopic (exact) mass is 359 g/mol. The molecule has 0 bridgehead atoms. The molecule has 0 spiro atoms. The lowest BCUT2D eigenvalue weighted by atomic mass is 10.0. The fourth-order valence-electron chi connectivity index (χ4n) is 2.17. The normalized spacial score (nSPS) is 14.1. The van der Waals surface area contributed by atoms with Crippen LogP contribution in [0, 0.1) is 27.3 Å². The average Bonchev–Trinajstić information content (AvgIpc) is 3.09. The smallest absolute Gasteiger partial charge is 0.123 e. The van der Waals surface area contributed by atoms with Crippen molar-refractivity contribution < 1.29 is 4.74 Å². The van der Waals surface area contributed by atoms with Gasteiger partial charge in [0, 0.05) is 23.5 Å². The van der Waals surface area contributed by atoms with E-state index in [9.17, 15) is 0 Å². The lowest BCUT2D eigenvalue weighted by molar-refractivity contribution is 0.0503. The lowest BCUT2D eigenvalue weighted by Gasteiger charge is -2.21. The SMILES string of the molecule is CN1CCOCC1.N#Cc1c(N)[nH]c(=S)c(C#N)c1-c1cccs1. The molecule has 3 N–H and O–H groups in total. The molecule has 2 aromatic rings. The molecule has 1 saturated heterocycles. The summed E-state index contributed by atoms with van der Waals surface area (Å²) in [5.41, 5.74) is 6.78. The van der Waals surface area contributed by atoms with Gasteiger partial charge in [-0.2, -0.15) is 10.5 Å². The number of aromatic nitrogens is 1. The van der Waals surface area contributed by atoms with Crippen LogP contribution in [0.2, 0.25) is 0 Å². The van der Waals surface area contributed by atoms with Gasteiger partial charge in [-0.05, 0) is 18.5 Å². The quantitative estimate of drug-likeness (QED) is 0.759. The van der Waals surface area contributed by atoms with Crippen molar-refractivity contribution in [2.45, 2.75) is 0 Å². The Hall–Kier alpha value is -2.23. The molecule has 0 radical (unpaired) electrons. The molecule has 3 rings (SSSR count). The first-order valence-electron chi connectivity index (χ1n) is 7.24. The Kier molecular flexibility index (Phi) is 6.47. The molecular formula is C16H17N5OS2. The number of ether oxygens (including phenoxy) is 1. The molecular weight excluding hydrogens is 342 g/mol. The third-order valence-electron chi connectivity index (χ3n) is 3.47. The average molecular weight is 359 g/mol. The summed E-state index contributed by atoms with van der Waals surface area (Å²) >= 11 is 6.48. The molecule has 0 amide bonds. The maximum atomic E-state index is 9.13. The summed E-state index contributed by atoms with van der Waals surface area (Å²) in [6.07, 6.45) is 0. The van der Waals surface area contributed by atoms with Crippen LogP contribution in [0.25, 0.3) is 10.4 Å².